The van der Waals surface area contributed by atoms with Gasteiger partial charge in [-0.25, -0.2) is 4.98 Å². The number of pyridine rings is 1. The van der Waals surface area contributed by atoms with Gasteiger partial charge in [0.05, 0.1) is 17.7 Å². The first-order valence-electron chi connectivity index (χ1n) is 7.58. The fourth-order valence-corrected chi connectivity index (χ4v) is 2.24. The molecule has 1 aromatic heterocycles. The standard InChI is InChI=1S/C18H15F6NO/c1-3-26-16(15-6-4-5-11(2)25-15)9-12-7-13(17(19,20)21)10-14(8-12)18(22,23)24/h4-10H,3H2,1-2H3. The quantitative estimate of drug-likeness (QED) is 0.486. The summed E-state index contributed by atoms with van der Waals surface area (Å²) >= 11 is 0. The number of nitrogens with zero attached hydrogens (tertiary/aromatic N) is 1. The molecule has 2 aromatic rings. The molecular formula is C18H15F6NO. The van der Waals surface area contributed by atoms with Gasteiger partial charge in [0, 0.05) is 5.69 Å². The molecule has 0 saturated heterocycles. The summed E-state index contributed by atoms with van der Waals surface area (Å²) in [5.41, 5.74) is -2.09. The number of ether oxygens (including phenoxy) is 1. The Hall–Kier alpha value is -2.51. The third-order valence-corrected chi connectivity index (χ3v) is 3.35. The number of aryl methyl sites for hydroxylation is 1. The van der Waals surface area contributed by atoms with Gasteiger partial charge in [-0.3, -0.25) is 0 Å². The molecule has 1 heterocycles. The van der Waals surface area contributed by atoms with E-state index in [0.29, 0.717) is 23.5 Å². The molecule has 0 fully saturated rings. The molecule has 2 nitrogen and oxygen atoms in total. The minimum absolute atomic E-state index is 0.0859. The number of halogens is 6. The van der Waals surface area contributed by atoms with Crippen LogP contribution in [0.2, 0.25) is 0 Å². The molecule has 26 heavy (non-hydrogen) atoms. The monoisotopic (exact) mass is 375 g/mol. The Kier molecular flexibility index (Phi) is 5.63. The molecule has 0 aliphatic carbocycles. The molecule has 0 amide bonds. The van der Waals surface area contributed by atoms with Crippen molar-refractivity contribution < 1.29 is 31.1 Å². The first kappa shape index (κ1) is 19.8. The second kappa shape index (κ2) is 7.39. The van der Waals surface area contributed by atoms with Crippen LogP contribution in [0, 0.1) is 6.92 Å². The maximum Gasteiger partial charge on any atom is 0.416 e. The van der Waals surface area contributed by atoms with Crippen molar-refractivity contribution in [3.8, 4) is 0 Å². The lowest BCUT2D eigenvalue weighted by Gasteiger charge is -2.14. The highest BCUT2D eigenvalue weighted by Crippen LogP contribution is 2.37. The van der Waals surface area contributed by atoms with E-state index in [1.54, 1.807) is 32.0 Å². The number of aromatic nitrogens is 1. The molecule has 0 aliphatic heterocycles. The van der Waals surface area contributed by atoms with Gasteiger partial charge in [-0.15, -0.1) is 0 Å². The summed E-state index contributed by atoms with van der Waals surface area (Å²) in [6.07, 6.45) is -8.69. The molecule has 8 heteroatoms. The molecule has 0 spiro atoms. The molecule has 0 saturated carbocycles. The fraction of sp³-hybridized carbons (Fsp3) is 0.278. The van der Waals surface area contributed by atoms with Crippen LogP contribution in [0.5, 0.6) is 0 Å². The summed E-state index contributed by atoms with van der Waals surface area (Å²) in [7, 11) is 0. The van der Waals surface area contributed by atoms with Crippen LogP contribution >= 0.6 is 0 Å². The third kappa shape index (κ3) is 5.00. The summed E-state index contributed by atoms with van der Waals surface area (Å²) in [6.45, 7) is 3.53. The molecule has 0 bridgehead atoms. The average molecular weight is 375 g/mol. The minimum atomic E-state index is -4.91. The number of hydrogen-bond donors (Lipinski definition) is 0. The normalized spacial score (nSPS) is 13.0. The summed E-state index contributed by atoms with van der Waals surface area (Å²) in [6, 6.07) is 6.31. The number of hydrogen-bond acceptors (Lipinski definition) is 2. The Morgan fingerprint density at radius 1 is 1.00 bits per heavy atom. The van der Waals surface area contributed by atoms with Crippen molar-refractivity contribution in [3.63, 3.8) is 0 Å². The lowest BCUT2D eigenvalue weighted by atomic mass is 10.0. The first-order valence-corrected chi connectivity index (χ1v) is 7.58. The Morgan fingerprint density at radius 3 is 2.04 bits per heavy atom. The van der Waals surface area contributed by atoms with E-state index in [1.807, 2.05) is 0 Å². The fourth-order valence-electron chi connectivity index (χ4n) is 2.24. The van der Waals surface area contributed by atoms with E-state index in [4.69, 9.17) is 4.74 Å². The summed E-state index contributed by atoms with van der Waals surface area (Å²) in [5, 5.41) is 0. The van der Waals surface area contributed by atoms with Crippen molar-refractivity contribution in [1.29, 1.82) is 0 Å². The largest absolute Gasteiger partial charge is 0.492 e. The first-order chi connectivity index (χ1) is 12.0. The Balaban J connectivity index is 2.61. The van der Waals surface area contributed by atoms with E-state index >= 15 is 0 Å². The van der Waals surface area contributed by atoms with Gasteiger partial charge in [-0.1, -0.05) is 6.07 Å². The van der Waals surface area contributed by atoms with Crippen LogP contribution in [0.1, 0.15) is 35.0 Å². The van der Waals surface area contributed by atoms with Gasteiger partial charge in [-0.05, 0) is 55.8 Å². The molecule has 0 N–H and O–H groups in total. The maximum atomic E-state index is 13.0. The molecule has 140 valence electrons. The van der Waals surface area contributed by atoms with Crippen LogP contribution < -0.4 is 0 Å². The summed E-state index contributed by atoms with van der Waals surface area (Å²) in [5.74, 6) is 0.0867. The zero-order valence-electron chi connectivity index (χ0n) is 13.9. The van der Waals surface area contributed by atoms with E-state index in [-0.39, 0.29) is 24.0 Å². The highest BCUT2D eigenvalue weighted by Gasteiger charge is 2.36. The van der Waals surface area contributed by atoms with Crippen molar-refractivity contribution in [1.82, 2.24) is 4.98 Å². The SMILES string of the molecule is CCOC(=Cc1cc(C(F)(F)F)cc(C(F)(F)F)c1)c1cccc(C)n1. The highest BCUT2D eigenvalue weighted by molar-refractivity contribution is 5.76. The minimum Gasteiger partial charge on any atom is -0.492 e. The Bertz CT molecular complexity index is 776. The van der Waals surface area contributed by atoms with Gasteiger partial charge in [0.15, 0.2) is 0 Å². The van der Waals surface area contributed by atoms with Crippen molar-refractivity contribution in [2.24, 2.45) is 0 Å². The Labute approximate surface area is 146 Å². The molecule has 0 unspecified atom stereocenters. The van der Waals surface area contributed by atoms with Gasteiger partial charge in [0.2, 0.25) is 0 Å². The topological polar surface area (TPSA) is 22.1 Å². The van der Waals surface area contributed by atoms with Gasteiger partial charge in [0.25, 0.3) is 0 Å². The van der Waals surface area contributed by atoms with Crippen molar-refractivity contribution in [3.05, 3.63) is 64.5 Å². The third-order valence-electron chi connectivity index (χ3n) is 3.35. The van der Waals surface area contributed by atoms with Gasteiger partial charge < -0.3 is 4.74 Å². The highest BCUT2D eigenvalue weighted by atomic mass is 19.4. The van der Waals surface area contributed by atoms with Crippen LogP contribution in [0.25, 0.3) is 11.8 Å². The maximum absolute atomic E-state index is 13.0. The van der Waals surface area contributed by atoms with Crippen molar-refractivity contribution in [2.75, 3.05) is 6.61 Å². The van der Waals surface area contributed by atoms with Crippen LogP contribution in [-0.2, 0) is 17.1 Å². The average Bonchev–Trinajstić information content (AvgIpc) is 2.52. The Morgan fingerprint density at radius 2 is 1.58 bits per heavy atom. The molecule has 0 radical (unpaired) electrons. The molecule has 1 aromatic carbocycles. The van der Waals surface area contributed by atoms with Crippen LogP contribution in [-0.4, -0.2) is 11.6 Å². The number of benzene rings is 1. The zero-order valence-corrected chi connectivity index (χ0v) is 13.9. The zero-order chi connectivity index (χ0) is 19.5. The second-order valence-corrected chi connectivity index (χ2v) is 5.45. The van der Waals surface area contributed by atoms with Crippen molar-refractivity contribution in [2.45, 2.75) is 26.2 Å². The van der Waals surface area contributed by atoms with Crippen LogP contribution in [0.3, 0.4) is 0 Å². The summed E-state index contributed by atoms with van der Waals surface area (Å²) < 4.78 is 83.2. The predicted molar refractivity (Wildman–Crippen MR) is 84.9 cm³/mol. The van der Waals surface area contributed by atoms with Crippen LogP contribution in [0.4, 0.5) is 26.3 Å². The predicted octanol–water partition coefficient (Wildman–Crippen LogP) is 5.96. The van der Waals surface area contributed by atoms with Gasteiger partial charge in [-0.2, -0.15) is 26.3 Å². The lowest BCUT2D eigenvalue weighted by Crippen LogP contribution is -2.11. The van der Waals surface area contributed by atoms with E-state index in [1.165, 1.54) is 0 Å². The van der Waals surface area contributed by atoms with Gasteiger partial charge in [0.1, 0.15) is 11.5 Å². The van der Waals surface area contributed by atoms with Crippen LogP contribution in [0.15, 0.2) is 36.4 Å². The second-order valence-electron chi connectivity index (χ2n) is 5.45. The summed E-state index contributed by atoms with van der Waals surface area (Å²) in [4.78, 5) is 4.19. The molecule has 0 aliphatic rings. The van der Waals surface area contributed by atoms with E-state index in [2.05, 4.69) is 4.98 Å². The van der Waals surface area contributed by atoms with E-state index < -0.39 is 23.5 Å². The molecular weight excluding hydrogens is 360 g/mol. The number of rotatable bonds is 4. The van der Waals surface area contributed by atoms with Crippen molar-refractivity contribution >= 4 is 11.8 Å². The number of alkyl halides is 6. The van der Waals surface area contributed by atoms with Gasteiger partial charge >= 0.3 is 12.4 Å². The molecule has 2 rings (SSSR count). The van der Waals surface area contributed by atoms with E-state index in [0.717, 1.165) is 6.08 Å². The molecule has 0 atom stereocenters. The van der Waals surface area contributed by atoms with E-state index in [9.17, 15) is 26.3 Å². The smallest absolute Gasteiger partial charge is 0.416 e. The lowest BCUT2D eigenvalue weighted by molar-refractivity contribution is -0.143.